The smallest absolute Gasteiger partial charge is 0.344 e. The highest BCUT2D eigenvalue weighted by Gasteiger charge is 2.28. The maximum atomic E-state index is 12.9. The first-order valence-electron chi connectivity index (χ1n) is 10.7. The van der Waals surface area contributed by atoms with E-state index in [2.05, 4.69) is 4.90 Å². The lowest BCUT2D eigenvalue weighted by Gasteiger charge is -2.31. The number of nitrogens with zero attached hydrogens (tertiary/aromatic N) is 1. The van der Waals surface area contributed by atoms with Crippen molar-refractivity contribution in [1.82, 2.24) is 4.90 Å². The maximum Gasteiger partial charge on any atom is 0.344 e. The Morgan fingerprint density at radius 3 is 2.74 bits per heavy atom. The molecule has 31 heavy (non-hydrogen) atoms. The van der Waals surface area contributed by atoms with Gasteiger partial charge >= 0.3 is 11.6 Å². The lowest BCUT2D eigenvalue weighted by atomic mass is 9.96. The van der Waals surface area contributed by atoms with Crippen molar-refractivity contribution in [3.63, 3.8) is 0 Å². The molecule has 0 aliphatic carbocycles. The normalized spacial score (nSPS) is 17.0. The third-order valence-corrected chi connectivity index (χ3v) is 5.98. The fraction of sp³-hybridized carbons (Fsp3) is 0.360. The molecule has 1 atom stereocenters. The first-order valence-corrected chi connectivity index (χ1v) is 10.7. The summed E-state index contributed by atoms with van der Waals surface area (Å²) in [6, 6.07) is 12.9. The molecule has 0 saturated carbocycles. The molecule has 1 unspecified atom stereocenters. The highest BCUT2D eigenvalue weighted by Crippen LogP contribution is 2.34. The number of phenolic OH excluding ortho intramolecular Hbond substituents is 1. The fourth-order valence-electron chi connectivity index (χ4n) is 4.43. The number of hydrogen-bond donors (Lipinski definition) is 1. The SMILES string of the molecule is CCOC(=O)C1CCCN(Cc2c(O)ccc3c(C)c(-c4ccccc4)c(=O)oc23)C1. The number of carbonyl (C=O) groups is 1. The molecule has 1 saturated heterocycles. The standard InChI is InChI=1S/C25H27NO5/c1-3-30-24(28)18-10-7-13-26(14-18)15-20-21(27)12-11-19-16(2)22(25(29)31-23(19)20)17-8-5-4-6-9-17/h4-6,8-9,11-12,18,27H,3,7,10,13-15H2,1-2H3. The molecule has 162 valence electrons. The Hall–Kier alpha value is -3.12. The molecule has 4 rings (SSSR count). The van der Waals surface area contributed by atoms with Gasteiger partial charge < -0.3 is 14.3 Å². The van der Waals surface area contributed by atoms with E-state index in [0.717, 1.165) is 35.9 Å². The second kappa shape index (κ2) is 8.94. The van der Waals surface area contributed by atoms with Crippen molar-refractivity contribution >= 4 is 16.9 Å². The van der Waals surface area contributed by atoms with Crippen LogP contribution in [0.3, 0.4) is 0 Å². The van der Waals surface area contributed by atoms with Crippen LogP contribution < -0.4 is 5.63 Å². The number of phenols is 1. The summed E-state index contributed by atoms with van der Waals surface area (Å²) in [6.07, 6.45) is 1.67. The van der Waals surface area contributed by atoms with Crippen LogP contribution in [0.1, 0.15) is 30.9 Å². The summed E-state index contributed by atoms with van der Waals surface area (Å²) in [5.74, 6) is -0.269. The van der Waals surface area contributed by atoms with Crippen LogP contribution in [-0.2, 0) is 16.1 Å². The zero-order valence-corrected chi connectivity index (χ0v) is 17.9. The molecule has 2 aromatic carbocycles. The van der Waals surface area contributed by atoms with E-state index >= 15 is 0 Å². The van der Waals surface area contributed by atoms with Crippen molar-refractivity contribution in [2.45, 2.75) is 33.2 Å². The number of piperidine rings is 1. The molecular formula is C25H27NO5. The van der Waals surface area contributed by atoms with Crippen LogP contribution in [0.5, 0.6) is 5.75 Å². The van der Waals surface area contributed by atoms with E-state index in [-0.39, 0.29) is 17.6 Å². The van der Waals surface area contributed by atoms with E-state index in [0.29, 0.717) is 36.4 Å². The zero-order valence-electron chi connectivity index (χ0n) is 17.9. The molecule has 1 aliphatic rings. The second-order valence-electron chi connectivity index (χ2n) is 8.02. The van der Waals surface area contributed by atoms with Crippen LogP contribution in [0.4, 0.5) is 0 Å². The fourth-order valence-corrected chi connectivity index (χ4v) is 4.43. The van der Waals surface area contributed by atoms with Gasteiger partial charge in [-0.3, -0.25) is 9.69 Å². The maximum absolute atomic E-state index is 12.9. The van der Waals surface area contributed by atoms with Crippen LogP contribution in [-0.4, -0.2) is 35.7 Å². The molecule has 6 nitrogen and oxygen atoms in total. The highest BCUT2D eigenvalue weighted by atomic mass is 16.5. The van der Waals surface area contributed by atoms with Gasteiger partial charge in [-0.15, -0.1) is 0 Å². The summed E-state index contributed by atoms with van der Waals surface area (Å²) in [5.41, 5.74) is 2.71. The van der Waals surface area contributed by atoms with Gasteiger partial charge in [-0.25, -0.2) is 4.79 Å². The van der Waals surface area contributed by atoms with Crippen molar-refractivity contribution in [2.75, 3.05) is 19.7 Å². The molecule has 3 aromatic rings. The van der Waals surface area contributed by atoms with Gasteiger partial charge in [0, 0.05) is 18.5 Å². The van der Waals surface area contributed by atoms with Gasteiger partial charge in [0.2, 0.25) is 0 Å². The topological polar surface area (TPSA) is 80.0 Å². The number of aromatic hydroxyl groups is 1. The van der Waals surface area contributed by atoms with Crippen molar-refractivity contribution in [3.8, 4) is 16.9 Å². The Labute approximate surface area is 181 Å². The largest absolute Gasteiger partial charge is 0.507 e. The number of esters is 1. The minimum atomic E-state index is -0.425. The summed E-state index contributed by atoms with van der Waals surface area (Å²) in [5, 5.41) is 11.4. The minimum Gasteiger partial charge on any atom is -0.507 e. The van der Waals surface area contributed by atoms with Crippen LogP contribution in [0.15, 0.2) is 51.7 Å². The molecule has 1 aliphatic heterocycles. The van der Waals surface area contributed by atoms with E-state index in [1.54, 1.807) is 19.1 Å². The first kappa shape index (κ1) is 21.1. The van der Waals surface area contributed by atoms with Crippen LogP contribution in [0.2, 0.25) is 0 Å². The van der Waals surface area contributed by atoms with Crippen molar-refractivity contribution in [2.24, 2.45) is 5.92 Å². The lowest BCUT2D eigenvalue weighted by molar-refractivity contribution is -0.150. The summed E-state index contributed by atoms with van der Waals surface area (Å²) in [6.45, 7) is 5.83. The Morgan fingerprint density at radius 2 is 2.00 bits per heavy atom. The molecule has 1 N–H and O–H groups in total. The summed E-state index contributed by atoms with van der Waals surface area (Å²) in [4.78, 5) is 27.2. The van der Waals surface area contributed by atoms with E-state index in [9.17, 15) is 14.7 Å². The number of benzene rings is 2. The Balaban J connectivity index is 1.71. The van der Waals surface area contributed by atoms with Gasteiger partial charge in [0.05, 0.1) is 23.7 Å². The van der Waals surface area contributed by atoms with Gasteiger partial charge in [0.15, 0.2) is 0 Å². The van der Waals surface area contributed by atoms with Gasteiger partial charge in [-0.1, -0.05) is 30.3 Å². The molecule has 6 heteroatoms. The quantitative estimate of drug-likeness (QED) is 0.490. The lowest BCUT2D eigenvalue weighted by Crippen LogP contribution is -2.39. The highest BCUT2D eigenvalue weighted by molar-refractivity contribution is 5.89. The summed E-state index contributed by atoms with van der Waals surface area (Å²) < 4.78 is 10.9. The van der Waals surface area contributed by atoms with Gasteiger partial charge in [0.25, 0.3) is 0 Å². The van der Waals surface area contributed by atoms with Crippen LogP contribution in [0, 0.1) is 12.8 Å². The van der Waals surface area contributed by atoms with Crippen molar-refractivity contribution in [1.29, 1.82) is 0 Å². The number of aryl methyl sites for hydroxylation is 1. The van der Waals surface area contributed by atoms with Gasteiger partial charge in [-0.2, -0.15) is 0 Å². The molecule has 0 spiro atoms. The number of likely N-dealkylation sites (tertiary alicyclic amines) is 1. The van der Waals surface area contributed by atoms with E-state index in [4.69, 9.17) is 9.15 Å². The van der Waals surface area contributed by atoms with E-state index in [1.807, 2.05) is 37.3 Å². The van der Waals surface area contributed by atoms with Crippen LogP contribution >= 0.6 is 0 Å². The predicted octanol–water partition coefficient (Wildman–Crippen LogP) is 4.25. The van der Waals surface area contributed by atoms with Gasteiger partial charge in [-0.05, 0) is 56.5 Å². The predicted molar refractivity (Wildman–Crippen MR) is 119 cm³/mol. The Morgan fingerprint density at radius 1 is 1.23 bits per heavy atom. The number of rotatable bonds is 5. The Bertz CT molecular complexity index is 1150. The molecule has 2 heterocycles. The molecule has 1 fully saturated rings. The zero-order chi connectivity index (χ0) is 22.0. The monoisotopic (exact) mass is 421 g/mol. The number of carbonyl (C=O) groups excluding carboxylic acids is 1. The van der Waals surface area contributed by atoms with Crippen molar-refractivity contribution < 1.29 is 19.1 Å². The number of fused-ring (bicyclic) bond motifs is 1. The second-order valence-corrected chi connectivity index (χ2v) is 8.02. The molecule has 0 amide bonds. The Kier molecular flexibility index (Phi) is 6.09. The minimum absolute atomic E-state index is 0.0840. The number of hydrogen-bond acceptors (Lipinski definition) is 6. The van der Waals surface area contributed by atoms with Gasteiger partial charge in [0.1, 0.15) is 11.3 Å². The van der Waals surface area contributed by atoms with E-state index in [1.165, 1.54) is 0 Å². The van der Waals surface area contributed by atoms with E-state index < -0.39 is 5.63 Å². The summed E-state index contributed by atoms with van der Waals surface area (Å²) in [7, 11) is 0. The molecule has 0 radical (unpaired) electrons. The molecular weight excluding hydrogens is 394 g/mol. The van der Waals surface area contributed by atoms with Crippen molar-refractivity contribution in [3.05, 3.63) is 64.0 Å². The van der Waals surface area contributed by atoms with Crippen LogP contribution in [0.25, 0.3) is 22.1 Å². The average molecular weight is 421 g/mol. The number of ether oxygens (including phenoxy) is 1. The third kappa shape index (κ3) is 4.21. The summed E-state index contributed by atoms with van der Waals surface area (Å²) >= 11 is 0. The molecule has 1 aromatic heterocycles. The first-order chi connectivity index (χ1) is 15.0. The average Bonchev–Trinajstić information content (AvgIpc) is 2.77. The molecule has 0 bridgehead atoms. The third-order valence-electron chi connectivity index (χ3n) is 5.98.